The molecule has 3 unspecified atom stereocenters. The summed E-state index contributed by atoms with van der Waals surface area (Å²) in [6.07, 6.45) is 1.57. The molecule has 1 saturated heterocycles. The largest absolute Gasteiger partial charge is 0.481 e. The fourth-order valence-corrected chi connectivity index (χ4v) is 4.46. The van der Waals surface area contributed by atoms with Crippen LogP contribution in [0.3, 0.4) is 0 Å². The molecule has 1 aliphatic heterocycles. The van der Waals surface area contributed by atoms with Crippen molar-refractivity contribution >= 4 is 34.8 Å². The number of rotatable bonds is 6. The van der Waals surface area contributed by atoms with Crippen LogP contribution in [0.1, 0.15) is 26.7 Å². The van der Waals surface area contributed by atoms with Gasteiger partial charge < -0.3 is 20.3 Å². The second kappa shape index (κ2) is 8.66. The Balaban J connectivity index is 1.57. The van der Waals surface area contributed by atoms with E-state index in [9.17, 15) is 9.59 Å². The summed E-state index contributed by atoms with van der Waals surface area (Å²) in [7, 11) is 0. The first-order chi connectivity index (χ1) is 14.4. The normalized spacial score (nSPS) is 23.1. The minimum Gasteiger partial charge on any atom is -0.481 e. The highest BCUT2D eigenvalue weighted by Gasteiger charge is 2.56. The van der Waals surface area contributed by atoms with E-state index >= 15 is 0 Å². The summed E-state index contributed by atoms with van der Waals surface area (Å²) in [5.74, 6) is 0.798. The van der Waals surface area contributed by atoms with Gasteiger partial charge in [-0.15, -0.1) is 0 Å². The lowest BCUT2D eigenvalue weighted by atomic mass is 10.1. The summed E-state index contributed by atoms with van der Waals surface area (Å²) in [5, 5.41) is 6.86. The molecule has 1 heterocycles. The maximum absolute atomic E-state index is 13.5. The second-order valence-electron chi connectivity index (χ2n) is 7.93. The van der Waals surface area contributed by atoms with Crippen LogP contribution in [-0.4, -0.2) is 36.5 Å². The SMILES string of the molecule is CC(=O)Nc1ccc(N(C(=O)C(C)Oc2cccc(Cl)c2)[C@H]2C3CCCNC32)cc1. The van der Waals surface area contributed by atoms with Gasteiger partial charge >= 0.3 is 0 Å². The summed E-state index contributed by atoms with van der Waals surface area (Å²) >= 11 is 6.05. The van der Waals surface area contributed by atoms with Crippen LogP contribution in [0.25, 0.3) is 0 Å². The van der Waals surface area contributed by atoms with Gasteiger partial charge in [0.1, 0.15) is 5.75 Å². The van der Waals surface area contributed by atoms with E-state index in [0.29, 0.717) is 28.4 Å². The molecular weight excluding hydrogens is 402 g/mol. The van der Waals surface area contributed by atoms with Crippen LogP contribution in [0.15, 0.2) is 48.5 Å². The summed E-state index contributed by atoms with van der Waals surface area (Å²) in [5.41, 5.74) is 1.50. The van der Waals surface area contributed by atoms with E-state index in [1.54, 1.807) is 31.2 Å². The van der Waals surface area contributed by atoms with Crippen LogP contribution in [0.4, 0.5) is 11.4 Å². The molecule has 158 valence electrons. The molecule has 0 radical (unpaired) electrons. The number of piperidine rings is 1. The van der Waals surface area contributed by atoms with Gasteiger partial charge in [0.15, 0.2) is 6.10 Å². The molecule has 2 aromatic rings. The Hall–Kier alpha value is -2.57. The van der Waals surface area contributed by atoms with Gasteiger partial charge in [-0.3, -0.25) is 9.59 Å². The quantitative estimate of drug-likeness (QED) is 0.734. The summed E-state index contributed by atoms with van der Waals surface area (Å²) < 4.78 is 5.91. The lowest BCUT2D eigenvalue weighted by Crippen LogP contribution is -2.44. The van der Waals surface area contributed by atoms with Crippen LogP contribution in [0.5, 0.6) is 5.75 Å². The lowest BCUT2D eigenvalue weighted by molar-refractivity contribution is -0.124. The number of carbonyl (C=O) groups excluding carboxylic acids is 2. The van der Waals surface area contributed by atoms with Gasteiger partial charge in [-0.25, -0.2) is 0 Å². The first-order valence-electron chi connectivity index (χ1n) is 10.3. The third kappa shape index (κ3) is 4.45. The van der Waals surface area contributed by atoms with Gasteiger partial charge in [-0.1, -0.05) is 17.7 Å². The highest BCUT2D eigenvalue weighted by Crippen LogP contribution is 2.44. The number of carbonyl (C=O) groups is 2. The smallest absolute Gasteiger partial charge is 0.268 e. The van der Waals surface area contributed by atoms with E-state index < -0.39 is 6.10 Å². The minimum absolute atomic E-state index is 0.0940. The molecule has 2 amide bonds. The first kappa shape index (κ1) is 20.7. The van der Waals surface area contributed by atoms with Crippen molar-refractivity contribution < 1.29 is 14.3 Å². The number of nitrogens with zero attached hydrogens (tertiary/aromatic N) is 1. The predicted molar refractivity (Wildman–Crippen MR) is 118 cm³/mol. The van der Waals surface area contributed by atoms with Crippen molar-refractivity contribution in [3.05, 3.63) is 53.6 Å². The number of nitrogens with one attached hydrogen (secondary N) is 2. The molecule has 1 aliphatic carbocycles. The topological polar surface area (TPSA) is 70.7 Å². The Kier molecular flexibility index (Phi) is 5.97. The Morgan fingerprint density at radius 3 is 2.63 bits per heavy atom. The third-order valence-corrected chi connectivity index (χ3v) is 5.91. The molecule has 0 bridgehead atoms. The van der Waals surface area contributed by atoms with Crippen molar-refractivity contribution in [2.45, 2.75) is 44.9 Å². The van der Waals surface area contributed by atoms with Crippen molar-refractivity contribution in [1.82, 2.24) is 5.32 Å². The zero-order valence-electron chi connectivity index (χ0n) is 17.1. The fourth-order valence-electron chi connectivity index (χ4n) is 4.28. The Morgan fingerprint density at radius 2 is 2.00 bits per heavy atom. The zero-order valence-corrected chi connectivity index (χ0v) is 17.9. The number of anilines is 2. The van der Waals surface area contributed by atoms with Crippen molar-refractivity contribution in [3.63, 3.8) is 0 Å². The first-order valence-corrected chi connectivity index (χ1v) is 10.7. The maximum Gasteiger partial charge on any atom is 0.268 e. The fraction of sp³-hybridized carbons (Fsp3) is 0.391. The predicted octanol–water partition coefficient (Wildman–Crippen LogP) is 3.85. The number of hydrogen-bond acceptors (Lipinski definition) is 4. The van der Waals surface area contributed by atoms with Crippen molar-refractivity contribution in [3.8, 4) is 5.75 Å². The van der Waals surface area contributed by atoms with E-state index in [-0.39, 0.29) is 17.9 Å². The van der Waals surface area contributed by atoms with Gasteiger partial charge in [0.25, 0.3) is 5.91 Å². The van der Waals surface area contributed by atoms with Gasteiger partial charge in [-0.05, 0) is 74.7 Å². The van der Waals surface area contributed by atoms with E-state index in [0.717, 1.165) is 25.1 Å². The third-order valence-electron chi connectivity index (χ3n) is 5.68. The van der Waals surface area contributed by atoms with Gasteiger partial charge in [0.05, 0.1) is 6.04 Å². The number of fused-ring (bicyclic) bond motifs is 1. The van der Waals surface area contributed by atoms with Crippen LogP contribution in [0.2, 0.25) is 5.02 Å². The lowest BCUT2D eigenvalue weighted by Gasteiger charge is -2.27. The van der Waals surface area contributed by atoms with Crippen LogP contribution >= 0.6 is 11.6 Å². The number of hydrogen-bond donors (Lipinski definition) is 2. The molecule has 2 fully saturated rings. The molecule has 1 saturated carbocycles. The maximum atomic E-state index is 13.5. The highest BCUT2D eigenvalue weighted by molar-refractivity contribution is 6.30. The highest BCUT2D eigenvalue weighted by atomic mass is 35.5. The minimum atomic E-state index is -0.666. The van der Waals surface area contributed by atoms with Crippen LogP contribution in [0, 0.1) is 5.92 Å². The number of halogens is 1. The molecule has 4 atom stereocenters. The van der Waals surface area contributed by atoms with E-state index in [1.807, 2.05) is 29.2 Å². The van der Waals surface area contributed by atoms with Crippen LogP contribution in [-0.2, 0) is 9.59 Å². The number of ether oxygens (including phenoxy) is 1. The molecule has 2 N–H and O–H groups in total. The van der Waals surface area contributed by atoms with Gasteiger partial charge in [0, 0.05) is 29.4 Å². The molecule has 0 aromatic heterocycles. The van der Waals surface area contributed by atoms with Gasteiger partial charge in [0.2, 0.25) is 5.91 Å². The molecule has 2 aromatic carbocycles. The monoisotopic (exact) mass is 427 g/mol. The molecule has 6 nitrogen and oxygen atoms in total. The second-order valence-corrected chi connectivity index (χ2v) is 8.37. The van der Waals surface area contributed by atoms with E-state index in [2.05, 4.69) is 10.6 Å². The number of amides is 2. The molecule has 0 spiro atoms. The average Bonchev–Trinajstić information content (AvgIpc) is 3.43. The summed E-state index contributed by atoms with van der Waals surface area (Å²) in [6, 6.07) is 14.9. The zero-order chi connectivity index (χ0) is 21.3. The summed E-state index contributed by atoms with van der Waals surface area (Å²) in [4.78, 5) is 26.7. The van der Waals surface area contributed by atoms with E-state index in [4.69, 9.17) is 16.3 Å². The van der Waals surface area contributed by atoms with Crippen molar-refractivity contribution in [1.29, 1.82) is 0 Å². The Labute approximate surface area is 181 Å². The number of benzene rings is 2. The van der Waals surface area contributed by atoms with Crippen molar-refractivity contribution in [2.24, 2.45) is 5.92 Å². The Morgan fingerprint density at radius 1 is 1.23 bits per heavy atom. The molecule has 2 aliphatic rings. The molecular formula is C23H26ClN3O3. The molecule has 4 rings (SSSR count). The van der Waals surface area contributed by atoms with Gasteiger partial charge in [-0.2, -0.15) is 0 Å². The van der Waals surface area contributed by atoms with Crippen LogP contribution < -0.4 is 20.3 Å². The molecule has 7 heteroatoms. The van der Waals surface area contributed by atoms with E-state index in [1.165, 1.54) is 6.92 Å². The standard InChI is InChI=1S/C23H26ClN3O3/c1-14(30-19-6-3-5-16(24)13-19)23(29)27(22-20-7-4-12-25-21(20)22)18-10-8-17(9-11-18)26-15(2)28/h3,5-6,8-11,13-14,20-22,25H,4,7,12H2,1-2H3,(H,26,28)/t14?,20?,21?,22-/m0/s1. The van der Waals surface area contributed by atoms with Crippen molar-refractivity contribution in [2.75, 3.05) is 16.8 Å². The molecule has 30 heavy (non-hydrogen) atoms. The Bertz CT molecular complexity index is 922. The summed E-state index contributed by atoms with van der Waals surface area (Å²) in [6.45, 7) is 4.22. The average molecular weight is 428 g/mol.